The summed E-state index contributed by atoms with van der Waals surface area (Å²) in [5, 5.41) is 12.4. The Morgan fingerprint density at radius 3 is 2.48 bits per heavy atom. The second-order valence-corrected chi connectivity index (χ2v) is 8.11. The highest BCUT2D eigenvalue weighted by Gasteiger charge is 2.18. The lowest BCUT2D eigenvalue weighted by Crippen LogP contribution is -3.10. The monoisotopic (exact) mass is 379 g/mol. The van der Waals surface area contributed by atoms with E-state index < -0.39 is 22.0 Å². The Hall–Kier alpha value is -0.960. The number of carbonyl (C=O) groups excluding carboxylic acids is 1. The summed E-state index contributed by atoms with van der Waals surface area (Å²) in [7, 11) is -2.31. The third-order valence-electron chi connectivity index (χ3n) is 3.90. The Balaban J connectivity index is 3.56. The van der Waals surface area contributed by atoms with Crippen molar-refractivity contribution in [3.63, 3.8) is 0 Å². The zero-order chi connectivity index (χ0) is 19.1. The summed E-state index contributed by atoms with van der Waals surface area (Å²) in [5.41, 5.74) is 0. The molecular formula is C17H35N2O5S+. The highest BCUT2D eigenvalue weighted by atomic mass is 32.2. The molecular weight excluding hydrogens is 344 g/mol. The molecule has 4 N–H and O–H groups in total. The Labute approximate surface area is 152 Å². The topological polar surface area (TPSA) is 108 Å². The first kappa shape index (κ1) is 24.0. The van der Waals surface area contributed by atoms with E-state index in [1.807, 2.05) is 13.1 Å². The lowest BCUT2D eigenvalue weighted by molar-refractivity contribution is -0.882. The normalized spacial score (nSPS) is 14.0. The average Bonchev–Trinajstić information content (AvgIpc) is 2.48. The van der Waals surface area contributed by atoms with Gasteiger partial charge in [0.15, 0.2) is 0 Å². The van der Waals surface area contributed by atoms with E-state index >= 15 is 0 Å². The van der Waals surface area contributed by atoms with Crippen molar-refractivity contribution in [2.45, 2.75) is 57.5 Å². The summed E-state index contributed by atoms with van der Waals surface area (Å²) in [6.45, 7) is 5.20. The van der Waals surface area contributed by atoms with E-state index in [-0.39, 0.29) is 12.5 Å². The van der Waals surface area contributed by atoms with E-state index in [4.69, 9.17) is 4.55 Å². The molecule has 0 fully saturated rings. The van der Waals surface area contributed by atoms with Crippen LogP contribution in [0.15, 0.2) is 12.7 Å². The molecule has 0 aliphatic heterocycles. The smallest absolute Gasteiger partial charge is 0.267 e. The summed E-state index contributed by atoms with van der Waals surface area (Å²) >= 11 is 0. The minimum absolute atomic E-state index is 0.0650. The second kappa shape index (κ2) is 14.2. The first-order valence-corrected chi connectivity index (χ1v) is 10.7. The molecule has 0 saturated carbocycles. The van der Waals surface area contributed by atoms with Crippen molar-refractivity contribution in [3.05, 3.63) is 12.7 Å². The number of likely N-dealkylation sites (N-methyl/N-ethyl adjacent to an activating group) is 1. The largest absolute Gasteiger partial charge is 0.386 e. The number of aliphatic hydroxyl groups is 1. The van der Waals surface area contributed by atoms with Gasteiger partial charge in [0.05, 0.1) is 13.6 Å². The molecule has 0 rings (SSSR count). The van der Waals surface area contributed by atoms with Gasteiger partial charge in [-0.3, -0.25) is 9.35 Å². The molecule has 0 aromatic carbocycles. The minimum atomic E-state index is -4.15. The number of carbonyl (C=O) groups is 1. The molecule has 2 atom stereocenters. The maximum atomic E-state index is 11.7. The quantitative estimate of drug-likeness (QED) is 0.174. The molecule has 0 saturated heterocycles. The number of hydrogen-bond donors (Lipinski definition) is 4. The van der Waals surface area contributed by atoms with Crippen LogP contribution in [0.1, 0.15) is 51.4 Å². The van der Waals surface area contributed by atoms with Gasteiger partial charge < -0.3 is 15.3 Å². The van der Waals surface area contributed by atoms with Gasteiger partial charge in [-0.25, -0.2) is 0 Å². The van der Waals surface area contributed by atoms with Crippen LogP contribution in [-0.2, 0) is 14.9 Å². The fourth-order valence-electron chi connectivity index (χ4n) is 2.62. The lowest BCUT2D eigenvalue weighted by atomic mass is 10.1. The van der Waals surface area contributed by atoms with E-state index in [0.29, 0.717) is 19.5 Å². The van der Waals surface area contributed by atoms with Gasteiger partial charge in [-0.1, -0.05) is 25.3 Å². The standard InChI is InChI=1S/C17H34N2O5S/c1-3-4-5-6-7-8-9-11-17(21)18-12-10-13-19(2)14-16(20)15-25(22,23)24/h3,16,20H,1,4-15H2,2H3,(H,18,21)(H,22,23,24)/p+1. The Morgan fingerprint density at radius 2 is 1.84 bits per heavy atom. The van der Waals surface area contributed by atoms with Crippen LogP contribution in [0.4, 0.5) is 0 Å². The van der Waals surface area contributed by atoms with Gasteiger partial charge in [0, 0.05) is 19.4 Å². The zero-order valence-corrected chi connectivity index (χ0v) is 16.2. The van der Waals surface area contributed by atoms with Gasteiger partial charge in [0.2, 0.25) is 5.91 Å². The number of rotatable bonds is 16. The molecule has 0 aromatic rings. The van der Waals surface area contributed by atoms with Gasteiger partial charge >= 0.3 is 0 Å². The van der Waals surface area contributed by atoms with Crippen molar-refractivity contribution in [2.24, 2.45) is 0 Å². The van der Waals surface area contributed by atoms with E-state index in [0.717, 1.165) is 37.0 Å². The first-order valence-electron chi connectivity index (χ1n) is 9.06. The Kier molecular flexibility index (Phi) is 13.7. The number of amides is 1. The van der Waals surface area contributed by atoms with Gasteiger partial charge in [-0.15, -0.1) is 6.58 Å². The summed E-state index contributed by atoms with van der Waals surface area (Å²) in [6, 6.07) is 0. The third kappa shape index (κ3) is 17.6. The molecule has 0 aromatic heterocycles. The van der Waals surface area contributed by atoms with Crippen LogP contribution in [0, 0.1) is 0 Å². The molecule has 8 heteroatoms. The Morgan fingerprint density at radius 1 is 1.20 bits per heavy atom. The maximum absolute atomic E-state index is 11.7. The molecule has 0 heterocycles. The minimum Gasteiger partial charge on any atom is -0.386 e. The van der Waals surface area contributed by atoms with Crippen molar-refractivity contribution < 1.29 is 27.8 Å². The second-order valence-electron chi connectivity index (χ2n) is 6.61. The number of nitrogens with one attached hydrogen (secondary N) is 2. The van der Waals surface area contributed by atoms with Gasteiger partial charge in [0.25, 0.3) is 10.1 Å². The number of allylic oxidation sites excluding steroid dienone is 1. The van der Waals surface area contributed by atoms with Crippen LogP contribution < -0.4 is 10.2 Å². The van der Waals surface area contributed by atoms with Gasteiger partial charge in [-0.2, -0.15) is 8.42 Å². The molecule has 2 unspecified atom stereocenters. The molecule has 0 spiro atoms. The summed E-state index contributed by atoms with van der Waals surface area (Å²) in [5.74, 6) is -0.579. The fourth-order valence-corrected chi connectivity index (χ4v) is 3.22. The van der Waals surface area contributed by atoms with Crippen molar-refractivity contribution in [1.82, 2.24) is 5.32 Å². The average molecular weight is 380 g/mol. The van der Waals surface area contributed by atoms with Crippen LogP contribution in [-0.4, -0.2) is 62.5 Å². The number of unbranched alkanes of at least 4 members (excludes halogenated alkanes) is 5. The third-order valence-corrected chi connectivity index (χ3v) is 4.71. The first-order chi connectivity index (χ1) is 11.7. The predicted molar refractivity (Wildman–Crippen MR) is 99.2 cm³/mol. The highest BCUT2D eigenvalue weighted by molar-refractivity contribution is 7.85. The summed E-state index contributed by atoms with van der Waals surface area (Å²) in [4.78, 5) is 12.6. The van der Waals surface area contributed by atoms with Gasteiger partial charge in [-0.05, 0) is 19.3 Å². The molecule has 7 nitrogen and oxygen atoms in total. The molecule has 148 valence electrons. The van der Waals surface area contributed by atoms with Crippen molar-refractivity contribution in [2.75, 3.05) is 32.4 Å². The zero-order valence-electron chi connectivity index (χ0n) is 15.4. The molecule has 0 aliphatic carbocycles. The molecule has 1 amide bonds. The van der Waals surface area contributed by atoms with Crippen LogP contribution in [0.3, 0.4) is 0 Å². The molecule has 0 aliphatic rings. The number of hydrogen-bond acceptors (Lipinski definition) is 4. The summed E-state index contributed by atoms with van der Waals surface area (Å²) < 4.78 is 30.0. The van der Waals surface area contributed by atoms with Gasteiger partial charge in [0.1, 0.15) is 18.4 Å². The van der Waals surface area contributed by atoms with Crippen LogP contribution >= 0.6 is 0 Å². The van der Waals surface area contributed by atoms with Crippen molar-refractivity contribution in [1.29, 1.82) is 0 Å². The van der Waals surface area contributed by atoms with E-state index in [1.54, 1.807) is 0 Å². The fraction of sp³-hybridized carbons (Fsp3) is 0.824. The molecule has 0 bridgehead atoms. The number of quaternary nitrogens is 1. The van der Waals surface area contributed by atoms with Crippen molar-refractivity contribution in [3.8, 4) is 0 Å². The SMILES string of the molecule is C=CCCCCCCCC(=O)NCCC[NH+](C)CC(O)CS(=O)(=O)O. The Bertz CT molecular complexity index is 468. The van der Waals surface area contributed by atoms with Crippen LogP contribution in [0.5, 0.6) is 0 Å². The van der Waals surface area contributed by atoms with E-state index in [2.05, 4.69) is 11.9 Å². The summed E-state index contributed by atoms with van der Waals surface area (Å²) in [6.07, 6.45) is 8.70. The lowest BCUT2D eigenvalue weighted by Gasteiger charge is -2.17. The highest BCUT2D eigenvalue weighted by Crippen LogP contribution is 2.07. The van der Waals surface area contributed by atoms with E-state index in [1.165, 1.54) is 12.8 Å². The van der Waals surface area contributed by atoms with Crippen molar-refractivity contribution >= 4 is 16.0 Å². The number of aliphatic hydroxyl groups excluding tert-OH is 1. The van der Waals surface area contributed by atoms with Crippen LogP contribution in [0.2, 0.25) is 0 Å². The van der Waals surface area contributed by atoms with Crippen LogP contribution in [0.25, 0.3) is 0 Å². The maximum Gasteiger partial charge on any atom is 0.267 e. The van der Waals surface area contributed by atoms with E-state index in [9.17, 15) is 18.3 Å². The molecule has 25 heavy (non-hydrogen) atoms. The molecule has 0 radical (unpaired) electrons. The predicted octanol–water partition coefficient (Wildman–Crippen LogP) is 0.173.